The highest BCUT2D eigenvalue weighted by molar-refractivity contribution is 6.30. The summed E-state index contributed by atoms with van der Waals surface area (Å²) in [6.45, 7) is 5.52. The second-order valence-corrected chi connectivity index (χ2v) is 8.87. The summed E-state index contributed by atoms with van der Waals surface area (Å²) in [5, 5.41) is 3.98. The van der Waals surface area contributed by atoms with Gasteiger partial charge in [0.2, 0.25) is 0 Å². The van der Waals surface area contributed by atoms with E-state index in [1.165, 1.54) is 0 Å². The predicted octanol–water partition coefficient (Wildman–Crippen LogP) is 5.65. The first-order valence-corrected chi connectivity index (χ1v) is 11.0. The number of halogens is 1. The van der Waals surface area contributed by atoms with Crippen molar-refractivity contribution < 1.29 is 14.3 Å². The highest BCUT2D eigenvalue weighted by Crippen LogP contribution is 2.45. The molecule has 0 saturated heterocycles. The quantitative estimate of drug-likeness (QED) is 0.630. The van der Waals surface area contributed by atoms with Crippen LogP contribution in [0.5, 0.6) is 0 Å². The Morgan fingerprint density at radius 1 is 1.03 bits per heavy atom. The predicted molar refractivity (Wildman–Crippen MR) is 122 cm³/mol. The molecule has 1 aliphatic heterocycles. The van der Waals surface area contributed by atoms with E-state index < -0.39 is 11.9 Å². The van der Waals surface area contributed by atoms with Crippen LogP contribution < -0.4 is 5.32 Å². The zero-order valence-corrected chi connectivity index (χ0v) is 18.7. The van der Waals surface area contributed by atoms with Gasteiger partial charge in [-0.25, -0.2) is 4.79 Å². The van der Waals surface area contributed by atoms with Gasteiger partial charge in [-0.3, -0.25) is 4.79 Å². The summed E-state index contributed by atoms with van der Waals surface area (Å²) in [6.07, 6.45) is 0.887. The highest BCUT2D eigenvalue weighted by atomic mass is 35.5. The molecule has 0 fully saturated rings. The van der Waals surface area contributed by atoms with E-state index in [9.17, 15) is 9.59 Å². The van der Waals surface area contributed by atoms with E-state index in [2.05, 4.69) is 17.4 Å². The molecule has 0 bridgehead atoms. The number of ether oxygens (including phenoxy) is 1. The molecule has 160 valence electrons. The molecule has 1 aliphatic carbocycles. The van der Waals surface area contributed by atoms with Crippen LogP contribution in [0.15, 0.2) is 77.1 Å². The first-order valence-electron chi connectivity index (χ1n) is 10.6. The van der Waals surface area contributed by atoms with E-state index in [4.69, 9.17) is 16.3 Å². The van der Waals surface area contributed by atoms with Gasteiger partial charge in [-0.05, 0) is 56.4 Å². The third-order valence-corrected chi connectivity index (χ3v) is 6.12. The van der Waals surface area contributed by atoms with Gasteiger partial charge in [0.15, 0.2) is 5.78 Å². The second kappa shape index (κ2) is 8.72. The van der Waals surface area contributed by atoms with Crippen molar-refractivity contribution in [2.45, 2.75) is 51.6 Å². The molecule has 0 spiro atoms. The van der Waals surface area contributed by atoms with Crippen molar-refractivity contribution in [1.82, 2.24) is 5.32 Å². The Bertz CT molecular complexity index is 1070. The fraction of sp³-hybridized carbons (Fsp3) is 0.308. The molecule has 2 unspecified atom stereocenters. The number of allylic oxidation sites excluding steroid dienone is 3. The van der Waals surface area contributed by atoms with Crippen molar-refractivity contribution >= 4 is 23.4 Å². The van der Waals surface area contributed by atoms with Gasteiger partial charge >= 0.3 is 5.97 Å². The Morgan fingerprint density at radius 2 is 1.71 bits per heavy atom. The van der Waals surface area contributed by atoms with Gasteiger partial charge in [0.25, 0.3) is 0 Å². The minimum Gasteiger partial charge on any atom is -0.460 e. The number of hydrogen-bond acceptors (Lipinski definition) is 4. The SMILES string of the molecule is CC1=C(C(=O)OC(C)C)C(c2ccc(Cl)cc2)C2=C(CC(c3ccccc3)CC2=O)N1. The maximum absolute atomic E-state index is 13.5. The molecule has 4 nitrogen and oxygen atoms in total. The molecule has 2 atom stereocenters. The maximum atomic E-state index is 13.5. The lowest BCUT2D eigenvalue weighted by atomic mass is 9.72. The smallest absolute Gasteiger partial charge is 0.337 e. The first-order chi connectivity index (χ1) is 14.8. The summed E-state index contributed by atoms with van der Waals surface area (Å²) in [6, 6.07) is 17.5. The molecule has 2 aromatic carbocycles. The number of hydrogen-bond donors (Lipinski definition) is 1. The van der Waals surface area contributed by atoms with Gasteiger partial charge < -0.3 is 10.1 Å². The number of ketones is 1. The van der Waals surface area contributed by atoms with E-state index in [1.807, 2.05) is 51.1 Å². The molecule has 0 radical (unpaired) electrons. The van der Waals surface area contributed by atoms with Gasteiger partial charge in [0.05, 0.1) is 11.7 Å². The van der Waals surface area contributed by atoms with Crippen LogP contribution in [0.25, 0.3) is 0 Å². The Kier molecular flexibility index (Phi) is 6.01. The fourth-order valence-corrected chi connectivity index (χ4v) is 4.66. The van der Waals surface area contributed by atoms with Crippen molar-refractivity contribution in [3.63, 3.8) is 0 Å². The molecule has 1 heterocycles. The number of Topliss-reactive ketones (excluding diaryl/α,β-unsaturated/α-hetero) is 1. The average molecular weight is 436 g/mol. The van der Waals surface area contributed by atoms with Crippen LogP contribution in [0.4, 0.5) is 0 Å². The van der Waals surface area contributed by atoms with E-state index in [1.54, 1.807) is 12.1 Å². The first kappa shape index (κ1) is 21.4. The van der Waals surface area contributed by atoms with Crippen molar-refractivity contribution in [2.24, 2.45) is 0 Å². The molecule has 5 heteroatoms. The second-order valence-electron chi connectivity index (χ2n) is 8.43. The van der Waals surface area contributed by atoms with Gasteiger partial charge in [-0.15, -0.1) is 0 Å². The van der Waals surface area contributed by atoms with E-state index >= 15 is 0 Å². The molecule has 4 rings (SSSR count). The van der Waals surface area contributed by atoms with Gasteiger partial charge in [-0.2, -0.15) is 0 Å². The minimum atomic E-state index is -0.469. The molecule has 0 saturated carbocycles. The summed E-state index contributed by atoms with van der Waals surface area (Å²) in [5.41, 5.74) is 4.78. The van der Waals surface area contributed by atoms with Crippen molar-refractivity contribution in [2.75, 3.05) is 0 Å². The summed E-state index contributed by atoms with van der Waals surface area (Å²) in [7, 11) is 0. The molecule has 2 aromatic rings. The van der Waals surface area contributed by atoms with Crippen molar-refractivity contribution in [3.05, 3.63) is 93.3 Å². The lowest BCUT2D eigenvalue weighted by Crippen LogP contribution is -2.36. The molecular weight excluding hydrogens is 410 g/mol. The monoisotopic (exact) mass is 435 g/mol. The van der Waals surface area contributed by atoms with Crippen molar-refractivity contribution in [1.29, 1.82) is 0 Å². The number of benzene rings is 2. The number of esters is 1. The van der Waals surface area contributed by atoms with Crippen LogP contribution in [-0.2, 0) is 14.3 Å². The zero-order chi connectivity index (χ0) is 22.1. The molecule has 1 N–H and O–H groups in total. The lowest BCUT2D eigenvalue weighted by Gasteiger charge is -2.37. The van der Waals surface area contributed by atoms with Crippen LogP contribution >= 0.6 is 11.6 Å². The van der Waals surface area contributed by atoms with E-state index in [-0.39, 0.29) is 17.8 Å². The maximum Gasteiger partial charge on any atom is 0.337 e. The standard InChI is InChI=1S/C26H26ClNO3/c1-15(2)31-26(30)23-16(3)28-21-13-19(17-7-5-4-6-8-17)14-22(29)25(21)24(23)18-9-11-20(27)12-10-18/h4-12,15,19,24,28H,13-14H2,1-3H3. The van der Waals surface area contributed by atoms with Gasteiger partial charge in [-0.1, -0.05) is 54.1 Å². The van der Waals surface area contributed by atoms with Crippen LogP contribution in [0.1, 0.15) is 56.6 Å². The molecule has 2 aliphatic rings. The number of carbonyl (C=O) groups is 2. The van der Waals surface area contributed by atoms with Crippen LogP contribution in [-0.4, -0.2) is 17.9 Å². The highest BCUT2D eigenvalue weighted by Gasteiger charge is 2.41. The van der Waals surface area contributed by atoms with E-state index in [0.717, 1.165) is 28.9 Å². The minimum absolute atomic E-state index is 0.0601. The van der Waals surface area contributed by atoms with Crippen molar-refractivity contribution in [3.8, 4) is 0 Å². The molecule has 0 amide bonds. The molecule has 31 heavy (non-hydrogen) atoms. The van der Waals surface area contributed by atoms with Crippen LogP contribution in [0, 0.1) is 0 Å². The Hall–Kier alpha value is -2.85. The van der Waals surface area contributed by atoms with Crippen LogP contribution in [0.3, 0.4) is 0 Å². The topological polar surface area (TPSA) is 55.4 Å². The molecular formula is C26H26ClNO3. The summed E-state index contributed by atoms with van der Waals surface area (Å²) in [4.78, 5) is 26.5. The van der Waals surface area contributed by atoms with Gasteiger partial charge in [0, 0.05) is 34.3 Å². The number of nitrogens with one attached hydrogen (secondary N) is 1. The summed E-state index contributed by atoms with van der Waals surface area (Å²) < 4.78 is 5.54. The largest absolute Gasteiger partial charge is 0.460 e. The summed E-state index contributed by atoms with van der Waals surface area (Å²) >= 11 is 6.11. The Morgan fingerprint density at radius 3 is 2.35 bits per heavy atom. The number of rotatable bonds is 4. The number of dihydropyridines is 1. The summed E-state index contributed by atoms with van der Waals surface area (Å²) in [5.74, 6) is -0.693. The Labute approximate surface area is 187 Å². The van der Waals surface area contributed by atoms with Crippen LogP contribution in [0.2, 0.25) is 5.02 Å². The molecule has 0 aromatic heterocycles. The van der Waals surface area contributed by atoms with Gasteiger partial charge in [0.1, 0.15) is 0 Å². The number of carbonyl (C=O) groups excluding carboxylic acids is 2. The average Bonchev–Trinajstić information content (AvgIpc) is 2.73. The third-order valence-electron chi connectivity index (χ3n) is 5.86. The van der Waals surface area contributed by atoms with E-state index in [0.29, 0.717) is 22.6 Å². The third kappa shape index (κ3) is 4.31. The zero-order valence-electron chi connectivity index (χ0n) is 17.9. The Balaban J connectivity index is 1.79. The normalized spacial score (nSPS) is 21.1. The lowest BCUT2D eigenvalue weighted by molar-refractivity contribution is -0.143. The fourth-order valence-electron chi connectivity index (χ4n) is 4.54.